The van der Waals surface area contributed by atoms with E-state index in [1.165, 1.54) is 16.7 Å². The molecule has 0 saturated carbocycles. The fraction of sp³-hybridized carbons (Fsp3) is 0.400. The number of hydrogen-bond donors (Lipinski definition) is 2. The fourth-order valence-corrected chi connectivity index (χ4v) is 2.29. The van der Waals surface area contributed by atoms with Crippen molar-refractivity contribution < 1.29 is 0 Å². The number of rotatable bonds is 5. The van der Waals surface area contributed by atoms with Gasteiger partial charge < -0.3 is 4.57 Å². The molecule has 1 aromatic carbocycles. The zero-order valence-corrected chi connectivity index (χ0v) is 11.9. The van der Waals surface area contributed by atoms with Crippen LogP contribution in [0.5, 0.6) is 0 Å². The Morgan fingerprint density at radius 1 is 1.32 bits per heavy atom. The number of nitrogens with two attached hydrogens (primary N) is 1. The summed E-state index contributed by atoms with van der Waals surface area (Å²) in [6.07, 6.45) is 5.52. The third-order valence-corrected chi connectivity index (χ3v) is 3.56. The van der Waals surface area contributed by atoms with Crippen molar-refractivity contribution in [3.05, 3.63) is 53.1 Å². The van der Waals surface area contributed by atoms with Crippen molar-refractivity contribution in [3.63, 3.8) is 0 Å². The predicted molar refractivity (Wildman–Crippen MR) is 77.6 cm³/mol. The number of nitrogens with zero attached hydrogens (tertiary/aromatic N) is 2. The Bertz CT molecular complexity index is 545. The van der Waals surface area contributed by atoms with Gasteiger partial charge in [-0.1, -0.05) is 23.8 Å². The molecule has 0 radical (unpaired) electrons. The van der Waals surface area contributed by atoms with Crippen molar-refractivity contribution in [1.29, 1.82) is 0 Å². The van der Waals surface area contributed by atoms with Crippen LogP contribution >= 0.6 is 0 Å². The first-order valence-corrected chi connectivity index (χ1v) is 6.58. The van der Waals surface area contributed by atoms with Crippen LogP contribution in [0.25, 0.3) is 0 Å². The van der Waals surface area contributed by atoms with Gasteiger partial charge in [0.1, 0.15) is 5.82 Å². The Labute approximate surface area is 114 Å². The molecule has 3 N–H and O–H groups in total. The molecule has 102 valence electrons. The first-order valence-electron chi connectivity index (χ1n) is 6.58. The molecule has 0 fully saturated rings. The van der Waals surface area contributed by atoms with E-state index in [4.69, 9.17) is 5.84 Å². The van der Waals surface area contributed by atoms with E-state index in [1.54, 1.807) is 0 Å². The summed E-state index contributed by atoms with van der Waals surface area (Å²) in [4.78, 5) is 4.35. The van der Waals surface area contributed by atoms with Crippen molar-refractivity contribution in [1.82, 2.24) is 15.0 Å². The van der Waals surface area contributed by atoms with E-state index in [0.717, 1.165) is 18.7 Å². The second-order valence-corrected chi connectivity index (χ2v) is 5.16. The summed E-state index contributed by atoms with van der Waals surface area (Å²) < 4.78 is 2.04. The number of imidazole rings is 1. The summed E-state index contributed by atoms with van der Waals surface area (Å²) in [6.45, 7) is 4.26. The van der Waals surface area contributed by atoms with E-state index in [0.29, 0.717) is 0 Å². The fourth-order valence-electron chi connectivity index (χ4n) is 2.29. The van der Waals surface area contributed by atoms with Gasteiger partial charge in [-0.15, -0.1) is 0 Å². The van der Waals surface area contributed by atoms with Gasteiger partial charge in [0.25, 0.3) is 0 Å². The minimum absolute atomic E-state index is 0.196. The van der Waals surface area contributed by atoms with Gasteiger partial charge in [0.2, 0.25) is 0 Å². The number of aromatic nitrogens is 2. The van der Waals surface area contributed by atoms with Crippen LogP contribution in [0.4, 0.5) is 0 Å². The largest absolute Gasteiger partial charge is 0.338 e. The van der Waals surface area contributed by atoms with E-state index in [-0.39, 0.29) is 6.04 Å². The minimum atomic E-state index is 0.196. The van der Waals surface area contributed by atoms with E-state index in [9.17, 15) is 0 Å². The predicted octanol–water partition coefficient (Wildman–Crippen LogP) is 1.65. The van der Waals surface area contributed by atoms with Crippen molar-refractivity contribution in [2.45, 2.75) is 32.7 Å². The van der Waals surface area contributed by atoms with Gasteiger partial charge in [0.15, 0.2) is 0 Å². The lowest BCUT2D eigenvalue weighted by Gasteiger charge is -2.17. The highest BCUT2D eigenvalue weighted by molar-refractivity contribution is 5.31. The molecule has 1 aromatic heterocycles. The molecule has 0 aliphatic rings. The maximum Gasteiger partial charge on any atom is 0.109 e. The quantitative estimate of drug-likeness (QED) is 0.633. The van der Waals surface area contributed by atoms with Gasteiger partial charge in [0.05, 0.1) is 0 Å². The topological polar surface area (TPSA) is 55.9 Å². The summed E-state index contributed by atoms with van der Waals surface area (Å²) in [5.74, 6) is 6.74. The second kappa shape index (κ2) is 5.99. The first-order chi connectivity index (χ1) is 9.10. The van der Waals surface area contributed by atoms with E-state index in [1.807, 2.05) is 24.0 Å². The molecule has 4 heteroatoms. The molecule has 1 unspecified atom stereocenters. The molecule has 0 spiro atoms. The standard InChI is InChI=1S/C15H22N4/c1-11-4-5-12(2)13(8-11)9-14(18-16)10-15-17-6-7-19(15)3/h4-8,14,18H,9-10,16H2,1-3H3. The monoisotopic (exact) mass is 258 g/mol. The maximum atomic E-state index is 5.69. The molecule has 2 rings (SSSR count). The SMILES string of the molecule is Cc1ccc(C)c(CC(Cc2nccn2C)NN)c1. The lowest BCUT2D eigenvalue weighted by atomic mass is 9.97. The Balaban J connectivity index is 2.11. The van der Waals surface area contributed by atoms with E-state index < -0.39 is 0 Å². The number of benzene rings is 1. The molecular weight excluding hydrogens is 236 g/mol. The smallest absolute Gasteiger partial charge is 0.109 e. The molecule has 4 nitrogen and oxygen atoms in total. The lowest BCUT2D eigenvalue weighted by molar-refractivity contribution is 0.504. The Kier molecular flexibility index (Phi) is 4.35. The Morgan fingerprint density at radius 3 is 2.74 bits per heavy atom. The molecule has 0 amide bonds. The van der Waals surface area contributed by atoms with Crippen LogP contribution in [-0.4, -0.2) is 15.6 Å². The van der Waals surface area contributed by atoms with Crippen LogP contribution in [0.2, 0.25) is 0 Å². The molecular formula is C15H22N4. The highest BCUT2D eigenvalue weighted by atomic mass is 15.2. The highest BCUT2D eigenvalue weighted by Gasteiger charge is 2.13. The highest BCUT2D eigenvalue weighted by Crippen LogP contribution is 2.14. The Morgan fingerprint density at radius 2 is 2.11 bits per heavy atom. The van der Waals surface area contributed by atoms with Crippen LogP contribution in [0.15, 0.2) is 30.6 Å². The third kappa shape index (κ3) is 3.43. The van der Waals surface area contributed by atoms with Crippen LogP contribution in [-0.2, 0) is 19.9 Å². The zero-order chi connectivity index (χ0) is 13.8. The summed E-state index contributed by atoms with van der Waals surface area (Å²) in [6, 6.07) is 6.74. The van der Waals surface area contributed by atoms with Gasteiger partial charge in [-0.05, 0) is 31.4 Å². The summed E-state index contributed by atoms with van der Waals surface area (Å²) in [5, 5.41) is 0. The molecule has 0 aliphatic heterocycles. The third-order valence-electron chi connectivity index (χ3n) is 3.56. The molecule has 0 bridgehead atoms. The number of aryl methyl sites for hydroxylation is 3. The van der Waals surface area contributed by atoms with Crippen LogP contribution in [0.3, 0.4) is 0 Å². The minimum Gasteiger partial charge on any atom is -0.338 e. The number of hydrogen-bond acceptors (Lipinski definition) is 3. The van der Waals surface area contributed by atoms with Gasteiger partial charge in [0, 0.05) is 31.9 Å². The van der Waals surface area contributed by atoms with Crippen molar-refractivity contribution in [2.75, 3.05) is 0 Å². The molecule has 19 heavy (non-hydrogen) atoms. The van der Waals surface area contributed by atoms with Crippen molar-refractivity contribution >= 4 is 0 Å². The zero-order valence-electron chi connectivity index (χ0n) is 11.9. The van der Waals surface area contributed by atoms with Crippen molar-refractivity contribution in [3.8, 4) is 0 Å². The maximum absolute atomic E-state index is 5.69. The summed E-state index contributed by atoms with van der Waals surface area (Å²) >= 11 is 0. The summed E-state index contributed by atoms with van der Waals surface area (Å²) in [5.41, 5.74) is 6.85. The molecule has 2 aromatic rings. The lowest BCUT2D eigenvalue weighted by Crippen LogP contribution is -2.39. The molecule has 0 saturated heterocycles. The Hall–Kier alpha value is -1.65. The normalized spacial score (nSPS) is 12.6. The van der Waals surface area contributed by atoms with Gasteiger partial charge in [-0.25, -0.2) is 4.98 Å². The first kappa shape index (κ1) is 13.8. The number of nitrogens with one attached hydrogen (secondary N) is 1. The van der Waals surface area contributed by atoms with E-state index in [2.05, 4.69) is 42.5 Å². The van der Waals surface area contributed by atoms with E-state index >= 15 is 0 Å². The average molecular weight is 258 g/mol. The van der Waals surface area contributed by atoms with Gasteiger partial charge in [-0.2, -0.15) is 0 Å². The van der Waals surface area contributed by atoms with Crippen LogP contribution in [0.1, 0.15) is 22.5 Å². The van der Waals surface area contributed by atoms with Gasteiger partial charge >= 0.3 is 0 Å². The van der Waals surface area contributed by atoms with Crippen LogP contribution in [0, 0.1) is 13.8 Å². The summed E-state index contributed by atoms with van der Waals surface area (Å²) in [7, 11) is 2.01. The molecule has 1 atom stereocenters. The van der Waals surface area contributed by atoms with Gasteiger partial charge in [-0.3, -0.25) is 11.3 Å². The number of hydrazine groups is 1. The van der Waals surface area contributed by atoms with Crippen LogP contribution < -0.4 is 11.3 Å². The molecule has 0 aliphatic carbocycles. The average Bonchev–Trinajstić information content (AvgIpc) is 2.78. The van der Waals surface area contributed by atoms with Crippen molar-refractivity contribution in [2.24, 2.45) is 12.9 Å². The second-order valence-electron chi connectivity index (χ2n) is 5.16. The molecule has 1 heterocycles.